The van der Waals surface area contributed by atoms with Gasteiger partial charge in [-0.2, -0.15) is 8.42 Å². The van der Waals surface area contributed by atoms with Crippen molar-refractivity contribution in [3.8, 4) is 23.1 Å². The first-order valence-corrected chi connectivity index (χ1v) is 9.93. The molecule has 1 N–H and O–H groups in total. The Morgan fingerprint density at radius 3 is 2.59 bits per heavy atom. The van der Waals surface area contributed by atoms with Crippen LogP contribution in [-0.2, 0) is 10.0 Å². The van der Waals surface area contributed by atoms with Crippen molar-refractivity contribution in [2.24, 2.45) is 0 Å². The minimum atomic E-state index is -3.93. The number of benzene rings is 1. The van der Waals surface area contributed by atoms with Gasteiger partial charge in [-0.05, 0) is 37.1 Å². The third kappa shape index (κ3) is 3.12. The molecule has 1 aliphatic heterocycles. The number of furan rings is 1. The van der Waals surface area contributed by atoms with Crippen LogP contribution < -0.4 is 14.2 Å². The second-order valence-corrected chi connectivity index (χ2v) is 7.92. The second-order valence-electron chi connectivity index (χ2n) is 6.30. The lowest BCUT2D eigenvalue weighted by atomic mass is 10.3. The smallest absolute Gasteiger partial charge is 0.295 e. The van der Waals surface area contributed by atoms with Gasteiger partial charge in [0.15, 0.2) is 17.3 Å². The zero-order chi connectivity index (χ0) is 18.4. The Bertz CT molecular complexity index is 1100. The fourth-order valence-corrected chi connectivity index (χ4v) is 3.71. The van der Waals surface area contributed by atoms with E-state index in [1.807, 2.05) is 0 Å². The number of nitrogens with zero attached hydrogens (tertiary/aromatic N) is 2. The Kier molecular flexibility index (Phi) is 3.61. The zero-order valence-electron chi connectivity index (χ0n) is 14.0. The zero-order valence-corrected chi connectivity index (χ0v) is 14.9. The summed E-state index contributed by atoms with van der Waals surface area (Å²) in [4.78, 5) is 0. The predicted octanol–water partition coefficient (Wildman–Crippen LogP) is 2.78. The molecule has 1 saturated carbocycles. The molecule has 1 aromatic carbocycles. The molecule has 3 aromatic rings. The molecular formula is C17H15N3O6S. The van der Waals surface area contributed by atoms with Crippen LogP contribution >= 0.6 is 0 Å². The number of aromatic nitrogens is 2. The molecule has 3 heterocycles. The van der Waals surface area contributed by atoms with Crippen molar-refractivity contribution in [3.05, 3.63) is 36.2 Å². The van der Waals surface area contributed by atoms with Crippen molar-refractivity contribution in [2.75, 3.05) is 17.9 Å². The van der Waals surface area contributed by atoms with E-state index in [9.17, 15) is 8.42 Å². The highest BCUT2D eigenvalue weighted by molar-refractivity contribution is 7.92. The molecule has 0 saturated heterocycles. The number of anilines is 1. The molecule has 0 atom stereocenters. The summed E-state index contributed by atoms with van der Waals surface area (Å²) in [6, 6.07) is 7.64. The van der Waals surface area contributed by atoms with Gasteiger partial charge in [0, 0.05) is 12.0 Å². The number of fused-ring (bicyclic) bond motifs is 1. The quantitative estimate of drug-likeness (QED) is 0.708. The molecule has 0 spiro atoms. The van der Waals surface area contributed by atoms with Gasteiger partial charge in [0.05, 0.1) is 5.69 Å². The van der Waals surface area contributed by atoms with Crippen LogP contribution in [0.3, 0.4) is 0 Å². The molecule has 5 rings (SSSR count). The Balaban J connectivity index is 1.37. The maximum absolute atomic E-state index is 12.6. The Morgan fingerprint density at radius 1 is 0.963 bits per heavy atom. The topological polar surface area (TPSA) is 117 Å². The van der Waals surface area contributed by atoms with E-state index in [4.69, 9.17) is 18.3 Å². The molecule has 9 nitrogen and oxygen atoms in total. The van der Waals surface area contributed by atoms with Gasteiger partial charge in [0.1, 0.15) is 13.2 Å². The summed E-state index contributed by atoms with van der Waals surface area (Å²) in [6.45, 7) is 0.878. The van der Waals surface area contributed by atoms with Crippen molar-refractivity contribution in [1.29, 1.82) is 0 Å². The summed E-state index contributed by atoms with van der Waals surface area (Å²) in [5.74, 6) is 2.29. The highest BCUT2D eigenvalue weighted by atomic mass is 32.2. The van der Waals surface area contributed by atoms with Crippen LogP contribution in [0.4, 0.5) is 5.69 Å². The van der Waals surface area contributed by atoms with Gasteiger partial charge in [0.25, 0.3) is 15.9 Å². The first kappa shape index (κ1) is 16.2. The van der Waals surface area contributed by atoms with Gasteiger partial charge in [-0.25, -0.2) is 0 Å². The van der Waals surface area contributed by atoms with E-state index in [2.05, 4.69) is 14.9 Å². The van der Waals surface area contributed by atoms with E-state index in [0.29, 0.717) is 42.2 Å². The minimum Gasteiger partial charge on any atom is -0.486 e. The summed E-state index contributed by atoms with van der Waals surface area (Å²) < 4.78 is 49.5. The number of hydrogen-bond acceptors (Lipinski definition) is 8. The van der Waals surface area contributed by atoms with Crippen molar-refractivity contribution in [3.63, 3.8) is 0 Å². The lowest BCUT2D eigenvalue weighted by Gasteiger charge is -2.19. The third-order valence-corrected chi connectivity index (χ3v) is 5.47. The number of hydrogen-bond donors (Lipinski definition) is 1. The number of sulfonamides is 1. The van der Waals surface area contributed by atoms with Gasteiger partial charge in [-0.15, -0.1) is 10.2 Å². The lowest BCUT2D eigenvalue weighted by Crippen LogP contribution is -2.16. The van der Waals surface area contributed by atoms with Crippen LogP contribution in [-0.4, -0.2) is 31.8 Å². The van der Waals surface area contributed by atoms with E-state index in [1.165, 1.54) is 12.1 Å². The molecular weight excluding hydrogens is 374 g/mol. The minimum absolute atomic E-state index is 0.165. The van der Waals surface area contributed by atoms with Crippen molar-refractivity contribution in [2.45, 2.75) is 23.9 Å². The monoisotopic (exact) mass is 389 g/mol. The predicted molar refractivity (Wildman–Crippen MR) is 92.2 cm³/mol. The average molecular weight is 389 g/mol. The van der Waals surface area contributed by atoms with Crippen molar-refractivity contribution < 1.29 is 26.7 Å². The van der Waals surface area contributed by atoms with Gasteiger partial charge in [0.2, 0.25) is 11.0 Å². The average Bonchev–Trinajstić information content (AvgIpc) is 3.18. The van der Waals surface area contributed by atoms with Crippen LogP contribution in [0.5, 0.6) is 11.5 Å². The summed E-state index contributed by atoms with van der Waals surface area (Å²) in [6.07, 6.45) is 2.05. The first-order valence-electron chi connectivity index (χ1n) is 8.44. The van der Waals surface area contributed by atoms with Gasteiger partial charge >= 0.3 is 0 Å². The van der Waals surface area contributed by atoms with Crippen LogP contribution in [0.15, 0.2) is 44.3 Å². The van der Waals surface area contributed by atoms with E-state index in [1.54, 1.807) is 18.2 Å². The molecule has 2 aliphatic rings. The summed E-state index contributed by atoms with van der Waals surface area (Å²) in [7, 11) is -3.93. The maximum atomic E-state index is 12.6. The molecule has 27 heavy (non-hydrogen) atoms. The van der Waals surface area contributed by atoms with E-state index < -0.39 is 10.0 Å². The fourth-order valence-electron chi connectivity index (χ4n) is 2.72. The van der Waals surface area contributed by atoms with Crippen molar-refractivity contribution >= 4 is 15.7 Å². The molecule has 0 radical (unpaired) electrons. The molecule has 0 amide bonds. The summed E-state index contributed by atoms with van der Waals surface area (Å²) in [5.41, 5.74) is 0.339. The van der Waals surface area contributed by atoms with Crippen LogP contribution in [0.1, 0.15) is 24.7 Å². The van der Waals surface area contributed by atoms with Crippen LogP contribution in [0, 0.1) is 0 Å². The number of nitrogens with one attached hydrogen (secondary N) is 1. The standard InChI is InChI=1S/C17H15N3O6S/c21-27(22,20-11-3-4-12-14(9-11)24-8-7-23-12)15-6-5-13(25-15)17-19-18-16(26-17)10-1-2-10/h3-6,9-10,20H,1-2,7-8H2. The van der Waals surface area contributed by atoms with Gasteiger partial charge in [-0.3, -0.25) is 4.72 Å². The molecule has 1 aliphatic carbocycles. The first-order chi connectivity index (χ1) is 13.1. The maximum Gasteiger partial charge on any atom is 0.295 e. The van der Waals surface area contributed by atoms with Gasteiger partial charge < -0.3 is 18.3 Å². The molecule has 140 valence electrons. The molecule has 0 bridgehead atoms. The number of ether oxygens (including phenoxy) is 2. The fraction of sp³-hybridized carbons (Fsp3) is 0.294. The van der Waals surface area contributed by atoms with Crippen molar-refractivity contribution in [1.82, 2.24) is 10.2 Å². The normalized spacial score (nSPS) is 16.3. The highest BCUT2D eigenvalue weighted by Gasteiger charge is 2.30. The number of rotatable bonds is 5. The Hall–Kier alpha value is -3.01. The summed E-state index contributed by atoms with van der Waals surface area (Å²) in [5, 5.41) is 7.64. The third-order valence-electron chi connectivity index (χ3n) is 4.22. The molecule has 1 fully saturated rings. The summed E-state index contributed by atoms with van der Waals surface area (Å²) >= 11 is 0. The second kappa shape index (κ2) is 6.02. The van der Waals surface area contributed by atoms with E-state index in [0.717, 1.165) is 12.8 Å². The van der Waals surface area contributed by atoms with Crippen LogP contribution in [0.25, 0.3) is 11.7 Å². The van der Waals surface area contributed by atoms with E-state index >= 15 is 0 Å². The largest absolute Gasteiger partial charge is 0.486 e. The molecule has 0 unspecified atom stereocenters. The lowest BCUT2D eigenvalue weighted by molar-refractivity contribution is 0.171. The molecule has 10 heteroatoms. The van der Waals surface area contributed by atoms with E-state index in [-0.39, 0.29) is 16.7 Å². The molecule has 2 aromatic heterocycles. The highest BCUT2D eigenvalue weighted by Crippen LogP contribution is 2.40. The van der Waals surface area contributed by atoms with Gasteiger partial charge in [-0.1, -0.05) is 0 Å². The SMILES string of the molecule is O=S(=O)(Nc1ccc2c(c1)OCCO2)c1ccc(-c2nnc(C3CC3)o2)o1. The Labute approximate surface area is 154 Å². The van der Waals surface area contributed by atoms with Crippen LogP contribution in [0.2, 0.25) is 0 Å². The Morgan fingerprint density at radius 2 is 1.78 bits per heavy atom.